The molecule has 0 saturated carbocycles. The summed E-state index contributed by atoms with van der Waals surface area (Å²) in [6, 6.07) is 26.4. The number of fused-ring (bicyclic) bond motifs is 1. The zero-order valence-electron chi connectivity index (χ0n) is 24.3. The highest BCUT2D eigenvalue weighted by Crippen LogP contribution is 2.36. The first kappa shape index (κ1) is 27.2. The van der Waals surface area contributed by atoms with Gasteiger partial charge in [-0.15, -0.1) is 0 Å². The molecule has 0 bridgehead atoms. The van der Waals surface area contributed by atoms with Crippen molar-refractivity contribution < 1.29 is 4.79 Å². The van der Waals surface area contributed by atoms with Gasteiger partial charge in [0.05, 0.1) is 0 Å². The van der Waals surface area contributed by atoms with Gasteiger partial charge < -0.3 is 14.4 Å². The number of aryl methyl sites for hydroxylation is 1. The first-order chi connectivity index (χ1) is 18.7. The second-order valence-electron chi connectivity index (χ2n) is 12.2. The largest absolute Gasteiger partial charge is 0.343 e. The van der Waals surface area contributed by atoms with E-state index in [0.29, 0.717) is 6.42 Å². The van der Waals surface area contributed by atoms with E-state index in [9.17, 15) is 4.79 Å². The van der Waals surface area contributed by atoms with Crippen LogP contribution in [-0.4, -0.2) is 53.0 Å². The zero-order chi connectivity index (χ0) is 27.6. The van der Waals surface area contributed by atoms with Crippen LogP contribution in [0, 0.1) is 6.92 Å². The van der Waals surface area contributed by atoms with E-state index in [2.05, 4.69) is 128 Å². The van der Waals surface area contributed by atoms with Crippen molar-refractivity contribution in [3.05, 3.63) is 107 Å². The Kier molecular flexibility index (Phi) is 7.95. The summed E-state index contributed by atoms with van der Waals surface area (Å²) in [6.45, 7) is 16.5. The molecule has 4 nitrogen and oxygen atoms in total. The predicted octanol–water partition coefficient (Wildman–Crippen LogP) is 6.98. The van der Waals surface area contributed by atoms with E-state index in [1.807, 2.05) is 0 Å². The molecule has 5 rings (SSSR count). The lowest BCUT2D eigenvalue weighted by molar-refractivity contribution is -0.133. The van der Waals surface area contributed by atoms with Crippen molar-refractivity contribution in [2.24, 2.45) is 0 Å². The Balaban J connectivity index is 1.52. The van der Waals surface area contributed by atoms with Gasteiger partial charge in [-0.3, -0.25) is 4.79 Å². The molecule has 2 heterocycles. The van der Waals surface area contributed by atoms with Crippen LogP contribution in [0.15, 0.2) is 79.0 Å². The Morgan fingerprint density at radius 1 is 0.872 bits per heavy atom. The van der Waals surface area contributed by atoms with Gasteiger partial charge in [-0.25, -0.2) is 0 Å². The molecule has 1 amide bonds. The molecule has 1 saturated heterocycles. The molecule has 1 fully saturated rings. The van der Waals surface area contributed by atoms with Crippen molar-refractivity contribution in [3.8, 4) is 0 Å². The van der Waals surface area contributed by atoms with Gasteiger partial charge in [0.1, 0.15) is 0 Å². The molecule has 0 radical (unpaired) electrons. The highest BCUT2D eigenvalue weighted by atomic mass is 16.2. The normalized spacial score (nSPS) is 15.6. The van der Waals surface area contributed by atoms with E-state index in [0.717, 1.165) is 39.3 Å². The van der Waals surface area contributed by atoms with E-state index in [1.54, 1.807) is 0 Å². The van der Waals surface area contributed by atoms with Crippen LogP contribution < -0.4 is 0 Å². The number of carbonyl (C=O) groups is 1. The fourth-order valence-corrected chi connectivity index (χ4v) is 5.81. The number of aromatic nitrogens is 1. The number of para-hydroxylation sites is 1. The molecule has 204 valence electrons. The minimum absolute atomic E-state index is 0.000101. The number of hydrogen-bond acceptors (Lipinski definition) is 2. The molecule has 4 heteroatoms. The third-order valence-corrected chi connectivity index (χ3v) is 8.40. The van der Waals surface area contributed by atoms with Crippen molar-refractivity contribution in [3.63, 3.8) is 0 Å². The Hall–Kier alpha value is -3.37. The topological polar surface area (TPSA) is 28.5 Å². The smallest absolute Gasteiger partial charge is 0.223 e. The van der Waals surface area contributed by atoms with Crippen LogP contribution in [0.3, 0.4) is 0 Å². The maximum Gasteiger partial charge on any atom is 0.223 e. The lowest BCUT2D eigenvalue weighted by Crippen LogP contribution is -2.48. The number of benzene rings is 3. The van der Waals surface area contributed by atoms with Crippen LogP contribution in [0.2, 0.25) is 0 Å². The molecule has 4 aromatic rings. The maximum atomic E-state index is 13.7. The highest BCUT2D eigenvalue weighted by molar-refractivity contribution is 5.87. The van der Waals surface area contributed by atoms with Gasteiger partial charge in [0, 0.05) is 62.2 Å². The third-order valence-electron chi connectivity index (χ3n) is 8.40. The lowest BCUT2D eigenvalue weighted by Gasteiger charge is -2.35. The van der Waals surface area contributed by atoms with Crippen LogP contribution in [0.5, 0.6) is 0 Å². The van der Waals surface area contributed by atoms with E-state index in [1.165, 1.54) is 38.7 Å². The second-order valence-corrected chi connectivity index (χ2v) is 12.2. The summed E-state index contributed by atoms with van der Waals surface area (Å²) < 4.78 is 2.36. The second kappa shape index (κ2) is 11.4. The van der Waals surface area contributed by atoms with Crippen molar-refractivity contribution >= 4 is 16.8 Å². The molecule has 1 aromatic heterocycles. The summed E-state index contributed by atoms with van der Waals surface area (Å²) in [4.78, 5) is 18.2. The number of likely N-dealkylation sites (N-methyl/N-ethyl adjacent to an activating group) is 1. The van der Waals surface area contributed by atoms with Crippen molar-refractivity contribution in [2.45, 2.75) is 58.9 Å². The van der Waals surface area contributed by atoms with Crippen LogP contribution in [0.25, 0.3) is 10.9 Å². The van der Waals surface area contributed by atoms with Crippen molar-refractivity contribution in [1.29, 1.82) is 0 Å². The predicted molar refractivity (Wildman–Crippen MR) is 163 cm³/mol. The fourth-order valence-electron chi connectivity index (χ4n) is 5.81. The molecule has 0 spiro atoms. The minimum Gasteiger partial charge on any atom is -0.343 e. The van der Waals surface area contributed by atoms with Gasteiger partial charge in [-0.1, -0.05) is 100.0 Å². The van der Waals surface area contributed by atoms with Gasteiger partial charge in [0.15, 0.2) is 0 Å². The summed E-state index contributed by atoms with van der Waals surface area (Å²) in [5.74, 6) is 0.255. The average molecular weight is 522 g/mol. The van der Waals surface area contributed by atoms with Crippen LogP contribution in [-0.2, 0) is 16.8 Å². The highest BCUT2D eigenvalue weighted by Gasteiger charge is 2.27. The number of hydrogen-bond donors (Lipinski definition) is 0. The molecular weight excluding hydrogens is 478 g/mol. The molecule has 0 N–H and O–H groups in total. The number of piperazine rings is 1. The molecule has 0 aliphatic carbocycles. The SMILES string of the molecule is CCN1CCN(C(=O)C[C@@H](c2ccc(C(C)(C)C)cc2)c2cn(Cc3ccc(C)cc3)c3ccccc23)CC1. The van der Waals surface area contributed by atoms with E-state index < -0.39 is 0 Å². The standard InChI is InChI=1S/C35H43N3O/c1-6-36-19-21-37(22-20-36)34(39)23-31(28-15-17-29(18-16-28)35(3,4)5)32-25-38(33-10-8-7-9-30(32)33)24-27-13-11-26(2)12-14-27/h7-18,25,31H,6,19-24H2,1-5H3/t31-/m0/s1. The quantitative estimate of drug-likeness (QED) is 0.262. The summed E-state index contributed by atoms with van der Waals surface area (Å²) in [7, 11) is 0. The van der Waals surface area contributed by atoms with Gasteiger partial charge >= 0.3 is 0 Å². The van der Waals surface area contributed by atoms with E-state index in [-0.39, 0.29) is 17.2 Å². The van der Waals surface area contributed by atoms with Gasteiger partial charge in [-0.05, 0) is 47.2 Å². The minimum atomic E-state index is -0.000101. The van der Waals surface area contributed by atoms with Gasteiger partial charge in [0.2, 0.25) is 5.91 Å². The van der Waals surface area contributed by atoms with Crippen LogP contribution in [0.1, 0.15) is 67.9 Å². The van der Waals surface area contributed by atoms with Crippen molar-refractivity contribution in [1.82, 2.24) is 14.4 Å². The summed E-state index contributed by atoms with van der Waals surface area (Å²) in [5.41, 5.74) is 7.62. The Labute approximate surface area is 234 Å². The lowest BCUT2D eigenvalue weighted by atomic mass is 9.83. The monoisotopic (exact) mass is 521 g/mol. The van der Waals surface area contributed by atoms with E-state index >= 15 is 0 Å². The summed E-state index contributed by atoms with van der Waals surface area (Å²) in [6.07, 6.45) is 2.79. The van der Waals surface area contributed by atoms with Gasteiger partial charge in [0.25, 0.3) is 0 Å². The maximum absolute atomic E-state index is 13.7. The number of carbonyl (C=O) groups excluding carboxylic acids is 1. The molecule has 1 aliphatic rings. The van der Waals surface area contributed by atoms with Crippen LogP contribution in [0.4, 0.5) is 0 Å². The summed E-state index contributed by atoms with van der Waals surface area (Å²) in [5, 5.41) is 1.23. The number of rotatable bonds is 7. The van der Waals surface area contributed by atoms with E-state index in [4.69, 9.17) is 0 Å². The molecule has 1 aliphatic heterocycles. The molecular formula is C35H43N3O. The third kappa shape index (κ3) is 6.12. The summed E-state index contributed by atoms with van der Waals surface area (Å²) >= 11 is 0. The van der Waals surface area contributed by atoms with Gasteiger partial charge in [-0.2, -0.15) is 0 Å². The number of amides is 1. The Morgan fingerprint density at radius 2 is 1.54 bits per heavy atom. The Bertz CT molecular complexity index is 1400. The van der Waals surface area contributed by atoms with Crippen molar-refractivity contribution in [2.75, 3.05) is 32.7 Å². The molecule has 0 unspecified atom stereocenters. The average Bonchev–Trinajstić information content (AvgIpc) is 3.30. The fraction of sp³-hybridized carbons (Fsp3) is 0.400. The number of nitrogens with zero attached hydrogens (tertiary/aromatic N) is 3. The first-order valence-electron chi connectivity index (χ1n) is 14.5. The van der Waals surface area contributed by atoms with Crippen LogP contribution >= 0.6 is 0 Å². The first-order valence-corrected chi connectivity index (χ1v) is 14.5. The molecule has 3 aromatic carbocycles. The zero-order valence-corrected chi connectivity index (χ0v) is 24.3. The Morgan fingerprint density at radius 3 is 2.18 bits per heavy atom. The molecule has 1 atom stereocenters. The molecule has 39 heavy (non-hydrogen) atoms.